The standard InChI is InChI=1S/C23H35F3N6O3/c1-14-10-31(12-18(14)30(2)3)22-19(24)17(28-21(29-22)20(25)26)9-27-23(34)16(11-32(35)13-33)8-15-6-4-5-7-15/h13-16,18,20,35H,4-12H2,1-3H3,(H,27,34)/t14-,16-,18-/m1/s1. The van der Waals surface area contributed by atoms with E-state index >= 15 is 4.39 Å². The zero-order valence-corrected chi connectivity index (χ0v) is 20.5. The number of amides is 2. The monoisotopic (exact) mass is 500 g/mol. The van der Waals surface area contributed by atoms with Gasteiger partial charge in [0.05, 0.1) is 19.0 Å². The lowest BCUT2D eigenvalue weighted by molar-refractivity contribution is -0.155. The van der Waals surface area contributed by atoms with E-state index in [1.54, 1.807) is 4.90 Å². The number of aromatic nitrogens is 2. The predicted octanol–water partition coefficient (Wildman–Crippen LogP) is 2.60. The lowest BCUT2D eigenvalue weighted by Crippen LogP contribution is -2.38. The minimum absolute atomic E-state index is 0.109. The van der Waals surface area contributed by atoms with E-state index in [-0.39, 0.29) is 36.4 Å². The van der Waals surface area contributed by atoms with Crippen LogP contribution in [0.4, 0.5) is 19.0 Å². The number of halogens is 3. The fraction of sp³-hybridized carbons (Fsp3) is 0.739. The van der Waals surface area contributed by atoms with Crippen molar-refractivity contribution >= 4 is 18.1 Å². The molecule has 1 saturated heterocycles. The topological polar surface area (TPSA) is 102 Å². The molecule has 2 N–H and O–H groups in total. The molecule has 2 fully saturated rings. The van der Waals surface area contributed by atoms with Gasteiger partial charge in [-0.2, -0.15) is 0 Å². The molecule has 0 aromatic carbocycles. The molecular formula is C23H35F3N6O3. The molecule has 0 radical (unpaired) electrons. The molecule has 1 saturated carbocycles. The second-order valence-corrected chi connectivity index (χ2v) is 9.91. The number of likely N-dealkylation sites (N-methyl/N-ethyl adjacent to an activating group) is 1. The summed E-state index contributed by atoms with van der Waals surface area (Å²) in [5.74, 6) is -2.58. The molecule has 2 amide bonds. The van der Waals surface area contributed by atoms with E-state index in [2.05, 4.69) is 15.3 Å². The Kier molecular flexibility index (Phi) is 9.28. The number of hydroxylamine groups is 2. The van der Waals surface area contributed by atoms with Crippen LogP contribution >= 0.6 is 0 Å². The van der Waals surface area contributed by atoms with E-state index in [9.17, 15) is 23.6 Å². The second-order valence-electron chi connectivity index (χ2n) is 9.91. The van der Waals surface area contributed by atoms with Crippen LogP contribution in [0.2, 0.25) is 0 Å². The lowest BCUT2D eigenvalue weighted by Gasteiger charge is -2.24. The van der Waals surface area contributed by atoms with Crippen LogP contribution in [0, 0.1) is 23.6 Å². The van der Waals surface area contributed by atoms with Gasteiger partial charge < -0.3 is 15.1 Å². The highest BCUT2D eigenvalue weighted by atomic mass is 19.3. The largest absolute Gasteiger partial charge is 0.352 e. The third-order valence-electron chi connectivity index (χ3n) is 7.07. The maximum absolute atomic E-state index is 15.4. The Balaban J connectivity index is 1.77. The van der Waals surface area contributed by atoms with Crippen molar-refractivity contribution in [3.63, 3.8) is 0 Å². The van der Waals surface area contributed by atoms with Crippen LogP contribution in [-0.2, 0) is 16.1 Å². The van der Waals surface area contributed by atoms with Gasteiger partial charge in [0.2, 0.25) is 12.3 Å². The molecule has 9 nitrogen and oxygen atoms in total. The Hall–Kier alpha value is -2.47. The Morgan fingerprint density at radius 3 is 2.51 bits per heavy atom. The average molecular weight is 501 g/mol. The summed E-state index contributed by atoms with van der Waals surface area (Å²) in [6.45, 7) is 2.27. The maximum atomic E-state index is 15.4. The highest BCUT2D eigenvalue weighted by Crippen LogP contribution is 2.31. The summed E-state index contributed by atoms with van der Waals surface area (Å²) in [7, 11) is 3.82. The molecule has 1 aliphatic heterocycles. The number of alkyl halides is 2. The number of carbonyl (C=O) groups is 2. The molecule has 12 heteroatoms. The van der Waals surface area contributed by atoms with Gasteiger partial charge in [-0.25, -0.2) is 28.2 Å². The zero-order chi connectivity index (χ0) is 25.7. The van der Waals surface area contributed by atoms with Gasteiger partial charge in [-0.3, -0.25) is 14.8 Å². The number of nitrogens with zero attached hydrogens (tertiary/aromatic N) is 5. The highest BCUT2D eigenvalue weighted by Gasteiger charge is 2.35. The van der Waals surface area contributed by atoms with Crippen LogP contribution in [0.1, 0.15) is 57.0 Å². The number of rotatable bonds is 11. The van der Waals surface area contributed by atoms with Gasteiger partial charge in [-0.05, 0) is 32.4 Å². The molecule has 196 valence electrons. The number of carbonyl (C=O) groups excluding carboxylic acids is 2. The predicted molar refractivity (Wildman–Crippen MR) is 122 cm³/mol. The summed E-state index contributed by atoms with van der Waals surface area (Å²) >= 11 is 0. The van der Waals surface area contributed by atoms with E-state index in [4.69, 9.17) is 0 Å². The maximum Gasteiger partial charge on any atom is 0.297 e. The highest BCUT2D eigenvalue weighted by molar-refractivity contribution is 5.79. The summed E-state index contributed by atoms with van der Waals surface area (Å²) in [6, 6.07) is 0.109. The van der Waals surface area contributed by atoms with Gasteiger partial charge in [0.1, 0.15) is 5.69 Å². The molecule has 1 aromatic heterocycles. The Morgan fingerprint density at radius 2 is 1.94 bits per heavy atom. The first-order valence-electron chi connectivity index (χ1n) is 12.0. The van der Waals surface area contributed by atoms with Crippen molar-refractivity contribution in [1.82, 2.24) is 25.2 Å². The summed E-state index contributed by atoms with van der Waals surface area (Å²) in [5, 5.41) is 12.6. The van der Waals surface area contributed by atoms with Crippen LogP contribution in [0.3, 0.4) is 0 Å². The fourth-order valence-corrected chi connectivity index (χ4v) is 5.21. The molecule has 2 heterocycles. The van der Waals surface area contributed by atoms with Crippen LogP contribution in [0.5, 0.6) is 0 Å². The fourth-order valence-electron chi connectivity index (χ4n) is 5.21. The van der Waals surface area contributed by atoms with Gasteiger partial charge in [-0.15, -0.1) is 0 Å². The molecule has 1 aliphatic carbocycles. The van der Waals surface area contributed by atoms with Gasteiger partial charge in [0.25, 0.3) is 6.43 Å². The summed E-state index contributed by atoms with van der Waals surface area (Å²) in [5.41, 5.74) is -0.324. The van der Waals surface area contributed by atoms with Crippen LogP contribution in [0.15, 0.2) is 0 Å². The first kappa shape index (κ1) is 27.1. The molecule has 3 rings (SSSR count). The van der Waals surface area contributed by atoms with Crippen molar-refractivity contribution in [2.24, 2.45) is 17.8 Å². The minimum Gasteiger partial charge on any atom is -0.352 e. The van der Waals surface area contributed by atoms with Crippen molar-refractivity contribution in [3.8, 4) is 0 Å². The summed E-state index contributed by atoms with van der Waals surface area (Å²) in [6.07, 6.45) is 1.72. The summed E-state index contributed by atoms with van der Waals surface area (Å²) in [4.78, 5) is 34.9. The zero-order valence-electron chi connectivity index (χ0n) is 20.5. The second kappa shape index (κ2) is 12.0. The molecule has 0 spiro atoms. The molecule has 0 bridgehead atoms. The van der Waals surface area contributed by atoms with Crippen molar-refractivity contribution in [2.45, 2.75) is 58.0 Å². The van der Waals surface area contributed by atoms with Gasteiger partial charge >= 0.3 is 0 Å². The number of anilines is 1. The molecule has 3 atom stereocenters. The molecule has 1 aromatic rings. The number of hydrogen-bond acceptors (Lipinski definition) is 7. The smallest absolute Gasteiger partial charge is 0.297 e. The van der Waals surface area contributed by atoms with Crippen molar-refractivity contribution < 1.29 is 28.0 Å². The van der Waals surface area contributed by atoms with Crippen molar-refractivity contribution in [1.29, 1.82) is 0 Å². The number of hydrogen-bond donors (Lipinski definition) is 2. The molecule has 35 heavy (non-hydrogen) atoms. The quantitative estimate of drug-likeness (QED) is 0.274. The van der Waals surface area contributed by atoms with E-state index in [1.165, 1.54) is 0 Å². The van der Waals surface area contributed by atoms with E-state index in [1.807, 2.05) is 25.9 Å². The third-order valence-corrected chi connectivity index (χ3v) is 7.07. The Morgan fingerprint density at radius 1 is 1.26 bits per heavy atom. The van der Waals surface area contributed by atoms with Crippen LogP contribution < -0.4 is 10.2 Å². The van der Waals surface area contributed by atoms with Crippen molar-refractivity contribution in [3.05, 3.63) is 17.3 Å². The van der Waals surface area contributed by atoms with Gasteiger partial charge in [0.15, 0.2) is 17.5 Å². The van der Waals surface area contributed by atoms with E-state index < -0.39 is 36.4 Å². The number of nitrogens with one attached hydrogen (secondary N) is 1. The Bertz CT molecular complexity index is 884. The van der Waals surface area contributed by atoms with Crippen LogP contribution in [-0.4, -0.2) is 77.2 Å². The van der Waals surface area contributed by atoms with E-state index in [0.29, 0.717) is 30.5 Å². The molecular weight excluding hydrogens is 465 g/mol. The molecule has 0 unspecified atom stereocenters. The SMILES string of the molecule is C[C@@H]1CN(c2nc(C(F)F)nc(CNC(=O)[C@H](CC3CCCC3)CN(O)C=O)c2F)C[C@H]1N(C)C. The van der Waals surface area contributed by atoms with E-state index in [0.717, 1.165) is 25.7 Å². The van der Waals surface area contributed by atoms with Crippen LogP contribution in [0.25, 0.3) is 0 Å². The first-order valence-corrected chi connectivity index (χ1v) is 12.0. The molecule has 2 aliphatic rings. The average Bonchev–Trinajstić information content (AvgIpc) is 3.46. The minimum atomic E-state index is -3.00. The summed E-state index contributed by atoms with van der Waals surface area (Å²) < 4.78 is 42.5. The van der Waals surface area contributed by atoms with Gasteiger partial charge in [0, 0.05) is 19.1 Å². The van der Waals surface area contributed by atoms with Crippen molar-refractivity contribution in [2.75, 3.05) is 38.6 Å². The third kappa shape index (κ3) is 6.81. The Labute approximate surface area is 203 Å². The first-order chi connectivity index (χ1) is 16.6. The lowest BCUT2D eigenvalue weighted by atomic mass is 9.92. The normalized spacial score (nSPS) is 21.7. The van der Waals surface area contributed by atoms with Gasteiger partial charge in [-0.1, -0.05) is 32.6 Å².